The van der Waals surface area contributed by atoms with Gasteiger partial charge >= 0.3 is 0 Å². The number of aryl methyl sites for hydroxylation is 1. The Hall–Kier alpha value is -2.58. The monoisotopic (exact) mass is 375 g/mol. The van der Waals surface area contributed by atoms with E-state index in [-0.39, 0.29) is 5.91 Å². The van der Waals surface area contributed by atoms with Gasteiger partial charge in [-0.3, -0.25) is 9.69 Å². The van der Waals surface area contributed by atoms with Gasteiger partial charge in [0.25, 0.3) is 5.91 Å². The first kappa shape index (κ1) is 19.2. The maximum absolute atomic E-state index is 12.7. The third-order valence-corrected chi connectivity index (χ3v) is 4.61. The summed E-state index contributed by atoms with van der Waals surface area (Å²) in [5.74, 6) is 1.60. The smallest absolute Gasteiger partial charge is 0.274 e. The van der Waals surface area contributed by atoms with Crippen LogP contribution in [0.3, 0.4) is 0 Å². The first-order chi connectivity index (χ1) is 13.1. The molecule has 1 amide bonds. The topological polar surface area (TPSA) is 86.1 Å². The van der Waals surface area contributed by atoms with Crippen molar-refractivity contribution in [1.82, 2.24) is 15.4 Å². The highest BCUT2D eigenvalue weighted by Crippen LogP contribution is 2.30. The van der Waals surface area contributed by atoms with Crippen molar-refractivity contribution < 1.29 is 23.5 Å². The average molecular weight is 375 g/mol. The number of carbonyl (C=O) groups excluding carboxylic acids is 1. The van der Waals surface area contributed by atoms with Gasteiger partial charge in [-0.1, -0.05) is 17.3 Å². The predicted molar refractivity (Wildman–Crippen MR) is 98.1 cm³/mol. The summed E-state index contributed by atoms with van der Waals surface area (Å²) in [4.78, 5) is 14.9. The highest BCUT2D eigenvalue weighted by Gasteiger charge is 2.23. The number of morpholine rings is 1. The highest BCUT2D eigenvalue weighted by molar-refractivity contribution is 5.93. The molecule has 0 aliphatic carbocycles. The first-order valence-corrected chi connectivity index (χ1v) is 8.87. The largest absolute Gasteiger partial charge is 0.493 e. The number of para-hydroxylation sites is 1. The lowest BCUT2D eigenvalue weighted by atomic mass is 10.1. The van der Waals surface area contributed by atoms with Crippen LogP contribution in [0.1, 0.15) is 27.4 Å². The van der Waals surface area contributed by atoms with Crippen LogP contribution in [0.4, 0.5) is 0 Å². The van der Waals surface area contributed by atoms with Gasteiger partial charge in [-0.2, -0.15) is 0 Å². The Balaban J connectivity index is 1.70. The first-order valence-electron chi connectivity index (χ1n) is 8.87. The molecule has 1 fully saturated rings. The molecule has 1 N–H and O–H groups in total. The lowest BCUT2D eigenvalue weighted by Gasteiger charge is -2.26. The molecule has 2 heterocycles. The van der Waals surface area contributed by atoms with Gasteiger partial charge in [0.2, 0.25) is 0 Å². The number of methoxy groups -OCH3 is 2. The second kappa shape index (κ2) is 8.88. The molecule has 146 valence electrons. The summed E-state index contributed by atoms with van der Waals surface area (Å²) in [7, 11) is 3.15. The van der Waals surface area contributed by atoms with Gasteiger partial charge in [0.15, 0.2) is 17.2 Å². The third-order valence-electron chi connectivity index (χ3n) is 4.61. The van der Waals surface area contributed by atoms with Crippen LogP contribution in [0.25, 0.3) is 0 Å². The van der Waals surface area contributed by atoms with Crippen molar-refractivity contribution in [3.05, 3.63) is 40.8 Å². The van der Waals surface area contributed by atoms with E-state index in [1.807, 2.05) is 25.1 Å². The summed E-state index contributed by atoms with van der Waals surface area (Å²) in [5, 5.41) is 6.86. The van der Waals surface area contributed by atoms with Crippen molar-refractivity contribution >= 4 is 5.91 Å². The highest BCUT2D eigenvalue weighted by atomic mass is 16.5. The SMILES string of the molecule is COc1cccc(CNC(=O)c2noc(C)c2CN2CCOCC2)c1OC. The van der Waals surface area contributed by atoms with Crippen LogP contribution in [0.2, 0.25) is 0 Å². The molecule has 2 aromatic rings. The Kier molecular flexibility index (Phi) is 6.31. The minimum Gasteiger partial charge on any atom is -0.493 e. The van der Waals surface area contributed by atoms with Crippen molar-refractivity contribution in [2.75, 3.05) is 40.5 Å². The fourth-order valence-corrected chi connectivity index (χ4v) is 3.09. The normalized spacial score (nSPS) is 14.8. The number of nitrogens with zero attached hydrogens (tertiary/aromatic N) is 2. The summed E-state index contributed by atoms with van der Waals surface area (Å²) < 4.78 is 21.4. The van der Waals surface area contributed by atoms with Crippen molar-refractivity contribution in [2.24, 2.45) is 0 Å². The second-order valence-electron chi connectivity index (χ2n) is 6.29. The van der Waals surface area contributed by atoms with E-state index < -0.39 is 0 Å². The average Bonchev–Trinajstić information content (AvgIpc) is 3.06. The van der Waals surface area contributed by atoms with E-state index in [4.69, 9.17) is 18.7 Å². The summed E-state index contributed by atoms with van der Waals surface area (Å²) in [6, 6.07) is 5.54. The molecule has 8 heteroatoms. The number of aromatic nitrogens is 1. The second-order valence-corrected chi connectivity index (χ2v) is 6.29. The third kappa shape index (κ3) is 4.40. The molecule has 27 heavy (non-hydrogen) atoms. The molecule has 3 rings (SSSR count). The molecule has 0 saturated carbocycles. The standard InChI is InChI=1S/C19H25N3O5/c1-13-15(12-22-7-9-26-10-8-22)17(21-27-13)19(23)20-11-14-5-4-6-16(24-2)18(14)25-3/h4-6H,7-12H2,1-3H3,(H,20,23). The molecule has 1 aliphatic heterocycles. The molecular formula is C19H25N3O5. The number of carbonyl (C=O) groups is 1. The van der Waals surface area contributed by atoms with Crippen molar-refractivity contribution in [2.45, 2.75) is 20.0 Å². The number of ether oxygens (including phenoxy) is 3. The van der Waals surface area contributed by atoms with Crippen LogP contribution in [-0.4, -0.2) is 56.5 Å². The maximum Gasteiger partial charge on any atom is 0.274 e. The quantitative estimate of drug-likeness (QED) is 0.789. The molecule has 0 radical (unpaired) electrons. The number of nitrogens with one attached hydrogen (secondary N) is 1. The zero-order chi connectivity index (χ0) is 19.2. The molecule has 0 atom stereocenters. The van der Waals surface area contributed by atoms with Crippen molar-refractivity contribution in [3.63, 3.8) is 0 Å². The number of benzene rings is 1. The Labute approximate surface area is 158 Å². The lowest BCUT2D eigenvalue weighted by Crippen LogP contribution is -2.36. The van der Waals surface area contributed by atoms with Crippen LogP contribution in [0.5, 0.6) is 11.5 Å². The minimum atomic E-state index is -0.278. The van der Waals surface area contributed by atoms with E-state index in [1.54, 1.807) is 14.2 Å². The van der Waals surface area contributed by atoms with Gasteiger partial charge < -0.3 is 24.1 Å². The van der Waals surface area contributed by atoms with Crippen molar-refractivity contribution in [1.29, 1.82) is 0 Å². The summed E-state index contributed by atoms with van der Waals surface area (Å²) in [5.41, 5.74) is 1.95. The van der Waals surface area contributed by atoms with Crippen LogP contribution >= 0.6 is 0 Å². The van der Waals surface area contributed by atoms with E-state index in [9.17, 15) is 4.79 Å². The fourth-order valence-electron chi connectivity index (χ4n) is 3.09. The number of hydrogen-bond donors (Lipinski definition) is 1. The van der Waals surface area contributed by atoms with E-state index in [0.717, 1.165) is 24.2 Å². The molecule has 0 spiro atoms. The van der Waals surface area contributed by atoms with E-state index >= 15 is 0 Å². The maximum atomic E-state index is 12.7. The summed E-state index contributed by atoms with van der Waals surface area (Å²) in [6.07, 6.45) is 0. The molecule has 1 aromatic heterocycles. The Morgan fingerprint density at radius 3 is 2.74 bits per heavy atom. The molecule has 1 saturated heterocycles. The van der Waals surface area contributed by atoms with E-state index in [1.165, 1.54) is 0 Å². The number of rotatable bonds is 7. The zero-order valence-corrected chi connectivity index (χ0v) is 15.9. The predicted octanol–water partition coefficient (Wildman–Crippen LogP) is 1.76. The number of amides is 1. The van der Waals surface area contributed by atoms with Crippen LogP contribution in [0.15, 0.2) is 22.7 Å². The zero-order valence-electron chi connectivity index (χ0n) is 15.9. The summed E-state index contributed by atoms with van der Waals surface area (Å²) >= 11 is 0. The van der Waals surface area contributed by atoms with Gasteiger partial charge in [-0.15, -0.1) is 0 Å². The van der Waals surface area contributed by atoms with Crippen LogP contribution in [-0.2, 0) is 17.8 Å². The molecular weight excluding hydrogens is 350 g/mol. The molecule has 8 nitrogen and oxygen atoms in total. The number of hydrogen-bond acceptors (Lipinski definition) is 7. The van der Waals surface area contributed by atoms with Gasteiger partial charge in [0.1, 0.15) is 5.76 Å². The molecule has 1 aliphatic rings. The molecule has 1 aromatic carbocycles. The minimum absolute atomic E-state index is 0.278. The van der Waals surface area contributed by atoms with Crippen molar-refractivity contribution in [3.8, 4) is 11.5 Å². The lowest BCUT2D eigenvalue weighted by molar-refractivity contribution is 0.0339. The molecule has 0 unspecified atom stereocenters. The van der Waals surface area contributed by atoms with Gasteiger partial charge in [-0.05, 0) is 13.0 Å². The fraction of sp³-hybridized carbons (Fsp3) is 0.474. The van der Waals surface area contributed by atoms with Gasteiger partial charge in [-0.25, -0.2) is 0 Å². The van der Waals surface area contributed by atoms with Gasteiger partial charge in [0.05, 0.1) is 27.4 Å². The van der Waals surface area contributed by atoms with Crippen LogP contribution < -0.4 is 14.8 Å². The van der Waals surface area contributed by atoms with E-state index in [0.29, 0.717) is 49.3 Å². The molecule has 0 bridgehead atoms. The Morgan fingerprint density at radius 1 is 1.26 bits per heavy atom. The Morgan fingerprint density at radius 2 is 2.04 bits per heavy atom. The Bertz CT molecular complexity index is 784. The van der Waals surface area contributed by atoms with Crippen LogP contribution in [0, 0.1) is 6.92 Å². The summed E-state index contributed by atoms with van der Waals surface area (Å²) in [6.45, 7) is 5.78. The van der Waals surface area contributed by atoms with E-state index in [2.05, 4.69) is 15.4 Å². The van der Waals surface area contributed by atoms with Gasteiger partial charge in [0, 0.05) is 37.3 Å².